The first-order valence-corrected chi connectivity index (χ1v) is 7.17. The van der Waals surface area contributed by atoms with Gasteiger partial charge in [0.15, 0.2) is 0 Å². The minimum atomic E-state index is 0.197. The Labute approximate surface area is 110 Å². The maximum atomic E-state index is 12.1. The second-order valence-corrected chi connectivity index (χ2v) is 6.07. The molecule has 0 atom stereocenters. The fraction of sp³-hybridized carbons (Fsp3) is 0.929. The molecule has 2 saturated carbocycles. The van der Waals surface area contributed by atoms with Crippen molar-refractivity contribution in [2.24, 2.45) is 17.1 Å². The van der Waals surface area contributed by atoms with Crippen molar-refractivity contribution in [2.75, 3.05) is 20.3 Å². The van der Waals surface area contributed by atoms with Crippen molar-refractivity contribution in [3.63, 3.8) is 0 Å². The summed E-state index contributed by atoms with van der Waals surface area (Å²) in [5.41, 5.74) is 6.20. The highest BCUT2D eigenvalue weighted by Gasteiger charge is 2.42. The lowest BCUT2D eigenvalue weighted by molar-refractivity contribution is -0.126. The van der Waals surface area contributed by atoms with Gasteiger partial charge in [-0.1, -0.05) is 0 Å². The summed E-state index contributed by atoms with van der Waals surface area (Å²) in [7, 11) is 1.74. The Morgan fingerprint density at radius 2 is 2.00 bits per heavy atom. The van der Waals surface area contributed by atoms with E-state index in [1.165, 1.54) is 12.8 Å². The number of carbonyl (C=O) groups is 1. The van der Waals surface area contributed by atoms with Gasteiger partial charge in [0, 0.05) is 32.2 Å². The molecule has 3 N–H and O–H groups in total. The minimum absolute atomic E-state index is 0.197. The van der Waals surface area contributed by atoms with Gasteiger partial charge >= 0.3 is 0 Å². The van der Waals surface area contributed by atoms with E-state index in [4.69, 9.17) is 10.5 Å². The average Bonchev–Trinajstić information content (AvgIpc) is 3.15. The van der Waals surface area contributed by atoms with Crippen LogP contribution in [-0.4, -0.2) is 32.2 Å². The molecule has 0 aliphatic heterocycles. The van der Waals surface area contributed by atoms with Crippen LogP contribution < -0.4 is 11.1 Å². The number of hydrogen-bond acceptors (Lipinski definition) is 3. The van der Waals surface area contributed by atoms with Crippen molar-refractivity contribution in [1.82, 2.24) is 5.32 Å². The third-order valence-electron chi connectivity index (χ3n) is 4.57. The summed E-state index contributed by atoms with van der Waals surface area (Å²) in [5, 5.41) is 3.14. The van der Waals surface area contributed by atoms with Crippen LogP contribution in [0.3, 0.4) is 0 Å². The summed E-state index contributed by atoms with van der Waals surface area (Å²) in [4.78, 5) is 12.1. The molecular weight excluding hydrogens is 228 g/mol. The average molecular weight is 254 g/mol. The first kappa shape index (κ1) is 13.8. The largest absolute Gasteiger partial charge is 0.385 e. The molecule has 0 unspecified atom stereocenters. The predicted molar refractivity (Wildman–Crippen MR) is 71.1 cm³/mol. The molecule has 0 aromatic heterocycles. The maximum absolute atomic E-state index is 12.1. The predicted octanol–water partition coefficient (Wildman–Crippen LogP) is 1.44. The third-order valence-corrected chi connectivity index (χ3v) is 4.57. The fourth-order valence-electron chi connectivity index (χ4n) is 2.81. The summed E-state index contributed by atoms with van der Waals surface area (Å²) in [6, 6.07) is 0.311. The van der Waals surface area contributed by atoms with E-state index in [0.29, 0.717) is 11.5 Å². The molecule has 4 nitrogen and oxygen atoms in total. The summed E-state index contributed by atoms with van der Waals surface area (Å²) in [6.07, 6.45) is 7.42. The Hall–Kier alpha value is -0.610. The van der Waals surface area contributed by atoms with Gasteiger partial charge in [-0.3, -0.25) is 4.79 Å². The number of nitrogens with one attached hydrogen (secondary N) is 1. The Balaban J connectivity index is 1.68. The van der Waals surface area contributed by atoms with Crippen LogP contribution in [0.4, 0.5) is 0 Å². The lowest BCUT2D eigenvalue weighted by Gasteiger charge is -2.26. The van der Waals surface area contributed by atoms with Gasteiger partial charge in [0.1, 0.15) is 0 Å². The van der Waals surface area contributed by atoms with Gasteiger partial charge in [-0.25, -0.2) is 0 Å². The Morgan fingerprint density at radius 1 is 1.33 bits per heavy atom. The van der Waals surface area contributed by atoms with Gasteiger partial charge in [0.25, 0.3) is 0 Å². The van der Waals surface area contributed by atoms with Crippen molar-refractivity contribution in [2.45, 2.75) is 51.0 Å². The molecule has 0 bridgehead atoms. The Bertz CT molecular complexity index is 282. The molecule has 0 saturated heterocycles. The normalized spacial score (nSPS) is 29.9. The molecule has 2 fully saturated rings. The number of rotatable bonds is 6. The maximum Gasteiger partial charge on any atom is 0.223 e. The molecule has 1 amide bonds. The molecule has 0 aromatic rings. The molecule has 4 heteroatoms. The van der Waals surface area contributed by atoms with E-state index in [1.807, 2.05) is 0 Å². The minimum Gasteiger partial charge on any atom is -0.385 e. The lowest BCUT2D eigenvalue weighted by atomic mass is 9.86. The van der Waals surface area contributed by atoms with Gasteiger partial charge < -0.3 is 15.8 Å². The molecule has 2 aliphatic rings. The van der Waals surface area contributed by atoms with E-state index in [1.54, 1.807) is 7.11 Å². The van der Waals surface area contributed by atoms with Gasteiger partial charge in [-0.15, -0.1) is 0 Å². The zero-order valence-electron chi connectivity index (χ0n) is 11.4. The number of ether oxygens (including phenoxy) is 1. The van der Waals surface area contributed by atoms with E-state index in [-0.39, 0.29) is 11.8 Å². The van der Waals surface area contributed by atoms with Gasteiger partial charge in [0.05, 0.1) is 0 Å². The van der Waals surface area contributed by atoms with Gasteiger partial charge in [-0.05, 0) is 50.4 Å². The van der Waals surface area contributed by atoms with Crippen molar-refractivity contribution >= 4 is 5.91 Å². The first-order valence-electron chi connectivity index (χ1n) is 7.17. The van der Waals surface area contributed by atoms with Crippen molar-refractivity contribution < 1.29 is 9.53 Å². The second-order valence-electron chi connectivity index (χ2n) is 6.07. The van der Waals surface area contributed by atoms with E-state index >= 15 is 0 Å². The highest BCUT2D eigenvalue weighted by molar-refractivity contribution is 5.78. The number of carbonyl (C=O) groups excluding carboxylic acids is 1. The van der Waals surface area contributed by atoms with Crippen LogP contribution in [-0.2, 0) is 9.53 Å². The van der Waals surface area contributed by atoms with E-state index in [9.17, 15) is 4.79 Å². The first-order chi connectivity index (χ1) is 8.65. The summed E-state index contributed by atoms with van der Waals surface area (Å²) in [5.74, 6) is 0.439. The second kappa shape index (κ2) is 6.02. The molecule has 2 aliphatic carbocycles. The fourth-order valence-corrected chi connectivity index (χ4v) is 2.81. The van der Waals surface area contributed by atoms with Crippen LogP contribution in [0.2, 0.25) is 0 Å². The third kappa shape index (κ3) is 3.69. The Kier molecular flexibility index (Phi) is 4.62. The number of amides is 1. The molecule has 0 radical (unpaired) electrons. The molecule has 0 aromatic carbocycles. The number of methoxy groups -OCH3 is 1. The highest BCUT2D eigenvalue weighted by Crippen LogP contribution is 2.48. The van der Waals surface area contributed by atoms with Crippen molar-refractivity contribution in [3.05, 3.63) is 0 Å². The van der Waals surface area contributed by atoms with Crippen LogP contribution in [0, 0.1) is 11.3 Å². The molecule has 0 spiro atoms. The van der Waals surface area contributed by atoms with Crippen LogP contribution in [0.5, 0.6) is 0 Å². The van der Waals surface area contributed by atoms with E-state index in [0.717, 1.165) is 45.3 Å². The van der Waals surface area contributed by atoms with E-state index in [2.05, 4.69) is 5.32 Å². The molecular formula is C14H26N2O2. The molecule has 0 heterocycles. The van der Waals surface area contributed by atoms with Crippen LogP contribution in [0.15, 0.2) is 0 Å². The molecule has 104 valence electrons. The number of nitrogens with two attached hydrogens (primary N) is 1. The van der Waals surface area contributed by atoms with E-state index < -0.39 is 0 Å². The Morgan fingerprint density at radius 3 is 2.56 bits per heavy atom. The van der Waals surface area contributed by atoms with Crippen molar-refractivity contribution in [3.8, 4) is 0 Å². The SMILES string of the molecule is COCCC1(CNC(=O)C2CCC(N)CC2)CC1. The molecule has 2 rings (SSSR count). The van der Waals surface area contributed by atoms with Crippen LogP contribution in [0.1, 0.15) is 44.9 Å². The monoisotopic (exact) mass is 254 g/mol. The topological polar surface area (TPSA) is 64.3 Å². The summed E-state index contributed by atoms with van der Waals surface area (Å²) >= 11 is 0. The highest BCUT2D eigenvalue weighted by atomic mass is 16.5. The summed E-state index contributed by atoms with van der Waals surface area (Å²) in [6.45, 7) is 1.63. The molecule has 18 heavy (non-hydrogen) atoms. The van der Waals surface area contributed by atoms with Crippen LogP contribution >= 0.6 is 0 Å². The lowest BCUT2D eigenvalue weighted by Crippen LogP contribution is -2.38. The number of hydrogen-bond donors (Lipinski definition) is 2. The standard InChI is InChI=1S/C14H26N2O2/c1-18-9-8-14(6-7-14)10-16-13(17)11-2-4-12(15)5-3-11/h11-12H,2-10,15H2,1H3,(H,16,17). The summed E-state index contributed by atoms with van der Waals surface area (Å²) < 4.78 is 5.13. The quantitative estimate of drug-likeness (QED) is 0.754. The zero-order chi connectivity index (χ0) is 13.0. The van der Waals surface area contributed by atoms with Crippen LogP contribution in [0.25, 0.3) is 0 Å². The zero-order valence-corrected chi connectivity index (χ0v) is 11.4. The van der Waals surface area contributed by atoms with Crippen molar-refractivity contribution in [1.29, 1.82) is 0 Å². The van der Waals surface area contributed by atoms with Gasteiger partial charge in [0.2, 0.25) is 5.91 Å². The smallest absolute Gasteiger partial charge is 0.223 e. The van der Waals surface area contributed by atoms with Gasteiger partial charge in [-0.2, -0.15) is 0 Å².